The van der Waals surface area contributed by atoms with E-state index in [9.17, 15) is 9.18 Å². The maximum absolute atomic E-state index is 13.9. The van der Waals surface area contributed by atoms with Crippen LogP contribution in [0.3, 0.4) is 0 Å². The van der Waals surface area contributed by atoms with Crippen LogP contribution < -0.4 is 5.32 Å². The second-order valence-corrected chi connectivity index (χ2v) is 6.08. The Hall–Kier alpha value is -1.46. The van der Waals surface area contributed by atoms with Gasteiger partial charge in [-0.15, -0.1) is 0 Å². The van der Waals surface area contributed by atoms with E-state index >= 15 is 0 Å². The van der Waals surface area contributed by atoms with Crippen molar-refractivity contribution in [1.29, 1.82) is 0 Å². The van der Waals surface area contributed by atoms with E-state index in [0.717, 1.165) is 13.0 Å². The number of hydrogen-bond donors (Lipinski definition) is 1. The summed E-state index contributed by atoms with van der Waals surface area (Å²) in [6, 6.07) is 5.87. The highest BCUT2D eigenvalue weighted by Crippen LogP contribution is 2.21. The van der Waals surface area contributed by atoms with E-state index in [-0.39, 0.29) is 11.7 Å². The van der Waals surface area contributed by atoms with Crippen LogP contribution in [0.15, 0.2) is 24.3 Å². The predicted octanol–water partition coefficient (Wildman–Crippen LogP) is 2.03. The largest absolute Gasteiger partial charge is 0.354 e. The number of likely N-dealkylation sites (N-methyl/N-ethyl adjacent to an activating group) is 1. The number of nitrogens with zero attached hydrogens (tertiary/aromatic N) is 2. The average molecular weight is 307 g/mol. The van der Waals surface area contributed by atoms with Crippen molar-refractivity contribution in [3.63, 3.8) is 0 Å². The van der Waals surface area contributed by atoms with E-state index in [0.29, 0.717) is 12.1 Å². The molecule has 1 aromatic carbocycles. The highest BCUT2D eigenvalue weighted by atomic mass is 19.1. The van der Waals surface area contributed by atoms with Gasteiger partial charge in [0, 0.05) is 12.1 Å². The van der Waals surface area contributed by atoms with Gasteiger partial charge < -0.3 is 10.2 Å². The summed E-state index contributed by atoms with van der Waals surface area (Å²) in [7, 11) is 3.59. The zero-order chi connectivity index (χ0) is 15.9. The number of benzene rings is 1. The second kappa shape index (κ2) is 8.25. The normalized spacial score (nSPS) is 16.9. The first-order valence-electron chi connectivity index (χ1n) is 8.00. The third-order valence-electron chi connectivity index (χ3n) is 4.11. The van der Waals surface area contributed by atoms with Crippen molar-refractivity contribution in [2.45, 2.75) is 25.3 Å². The maximum Gasteiger partial charge on any atom is 0.242 e. The molecule has 1 unspecified atom stereocenters. The smallest absolute Gasteiger partial charge is 0.242 e. The summed E-state index contributed by atoms with van der Waals surface area (Å²) in [5, 5.41) is 2.94. The van der Waals surface area contributed by atoms with Crippen molar-refractivity contribution in [2.24, 2.45) is 0 Å². The summed E-state index contributed by atoms with van der Waals surface area (Å²) in [6.07, 6.45) is 3.49. The van der Waals surface area contributed by atoms with Gasteiger partial charge in [-0.3, -0.25) is 9.69 Å². The van der Waals surface area contributed by atoms with Gasteiger partial charge in [0.15, 0.2) is 0 Å². The molecule has 122 valence electrons. The molecule has 1 aliphatic heterocycles. The lowest BCUT2D eigenvalue weighted by atomic mass is 10.0. The van der Waals surface area contributed by atoms with Gasteiger partial charge in [-0.05, 0) is 59.1 Å². The van der Waals surface area contributed by atoms with Gasteiger partial charge >= 0.3 is 0 Å². The Balaban J connectivity index is 1.86. The molecule has 5 heteroatoms. The minimum atomic E-state index is -0.590. The minimum absolute atomic E-state index is 0.142. The summed E-state index contributed by atoms with van der Waals surface area (Å²) in [5.74, 6) is -0.482. The Kier molecular flexibility index (Phi) is 6.34. The highest BCUT2D eigenvalue weighted by Gasteiger charge is 2.25. The molecule has 4 nitrogen and oxygen atoms in total. The zero-order valence-electron chi connectivity index (χ0n) is 13.5. The molecular weight excluding hydrogens is 281 g/mol. The van der Waals surface area contributed by atoms with Gasteiger partial charge in [0.1, 0.15) is 11.9 Å². The van der Waals surface area contributed by atoms with Crippen LogP contribution in [0.5, 0.6) is 0 Å². The van der Waals surface area contributed by atoms with Crippen LogP contribution in [-0.4, -0.2) is 56.0 Å². The van der Waals surface area contributed by atoms with Gasteiger partial charge in [0.25, 0.3) is 0 Å². The van der Waals surface area contributed by atoms with Gasteiger partial charge in [-0.2, -0.15) is 0 Å². The number of halogens is 1. The van der Waals surface area contributed by atoms with Gasteiger partial charge in [0.2, 0.25) is 5.91 Å². The number of amides is 1. The Labute approximate surface area is 132 Å². The molecule has 0 aromatic heterocycles. The number of rotatable bonds is 7. The lowest BCUT2D eigenvalue weighted by Gasteiger charge is -2.24. The van der Waals surface area contributed by atoms with Crippen molar-refractivity contribution in [2.75, 3.05) is 40.3 Å². The van der Waals surface area contributed by atoms with Crippen molar-refractivity contribution >= 4 is 5.91 Å². The molecule has 0 aliphatic carbocycles. The number of nitrogens with one attached hydrogen (secondary N) is 1. The topological polar surface area (TPSA) is 35.6 Å². The fraction of sp³-hybridized carbons (Fsp3) is 0.588. The van der Waals surface area contributed by atoms with Gasteiger partial charge in [0.05, 0.1) is 0 Å². The minimum Gasteiger partial charge on any atom is -0.354 e. The summed E-state index contributed by atoms with van der Waals surface area (Å²) in [5.41, 5.74) is 0.421. The Morgan fingerprint density at radius 3 is 2.64 bits per heavy atom. The molecule has 1 N–H and O–H groups in total. The number of hydrogen-bond acceptors (Lipinski definition) is 3. The van der Waals surface area contributed by atoms with E-state index < -0.39 is 6.04 Å². The molecule has 1 heterocycles. The van der Waals surface area contributed by atoms with E-state index in [4.69, 9.17) is 0 Å². The Morgan fingerprint density at radius 1 is 1.32 bits per heavy atom. The fourth-order valence-corrected chi connectivity index (χ4v) is 2.97. The summed E-state index contributed by atoms with van der Waals surface area (Å²) in [4.78, 5) is 16.6. The first-order valence-corrected chi connectivity index (χ1v) is 8.00. The molecule has 0 spiro atoms. The molecular formula is C17H26FN3O. The van der Waals surface area contributed by atoms with Crippen LogP contribution in [0.4, 0.5) is 4.39 Å². The molecule has 22 heavy (non-hydrogen) atoms. The van der Waals surface area contributed by atoms with E-state index in [1.54, 1.807) is 37.2 Å². The quantitative estimate of drug-likeness (QED) is 0.783. The molecule has 1 aromatic rings. The summed E-state index contributed by atoms with van der Waals surface area (Å²) in [6.45, 7) is 3.99. The molecule has 1 saturated heterocycles. The monoisotopic (exact) mass is 307 g/mol. The lowest BCUT2D eigenvalue weighted by molar-refractivity contribution is -0.125. The van der Waals surface area contributed by atoms with Crippen molar-refractivity contribution in [1.82, 2.24) is 15.1 Å². The van der Waals surface area contributed by atoms with Crippen LogP contribution >= 0.6 is 0 Å². The maximum atomic E-state index is 13.9. The van der Waals surface area contributed by atoms with Gasteiger partial charge in [-0.1, -0.05) is 18.2 Å². The lowest BCUT2D eigenvalue weighted by Crippen LogP contribution is -2.38. The molecule has 1 fully saturated rings. The molecule has 0 radical (unpaired) electrons. The average Bonchev–Trinajstić information content (AvgIpc) is 2.99. The first kappa shape index (κ1) is 16.9. The zero-order valence-corrected chi connectivity index (χ0v) is 13.5. The first-order chi connectivity index (χ1) is 10.6. The number of carbonyl (C=O) groups excluding carboxylic acids is 1. The predicted molar refractivity (Wildman–Crippen MR) is 86.1 cm³/mol. The van der Waals surface area contributed by atoms with Crippen LogP contribution in [0.25, 0.3) is 0 Å². The van der Waals surface area contributed by atoms with E-state index in [1.807, 2.05) is 0 Å². The third-order valence-corrected chi connectivity index (χ3v) is 4.11. The Bertz CT molecular complexity index is 487. The SMILES string of the molecule is CN(C)C(C(=O)NCCCN1CCCC1)c1ccccc1F. The van der Waals surface area contributed by atoms with Crippen LogP contribution in [0, 0.1) is 5.82 Å². The van der Waals surface area contributed by atoms with E-state index in [1.165, 1.54) is 32.0 Å². The van der Waals surface area contributed by atoms with Crippen LogP contribution in [0.1, 0.15) is 30.9 Å². The molecule has 2 rings (SSSR count). The second-order valence-electron chi connectivity index (χ2n) is 6.08. The van der Waals surface area contributed by atoms with Crippen LogP contribution in [-0.2, 0) is 4.79 Å². The number of likely N-dealkylation sites (tertiary alicyclic amines) is 1. The number of carbonyl (C=O) groups is 1. The highest BCUT2D eigenvalue weighted by molar-refractivity contribution is 5.83. The van der Waals surface area contributed by atoms with Gasteiger partial charge in [-0.25, -0.2) is 4.39 Å². The third kappa shape index (κ3) is 4.52. The summed E-state index contributed by atoms with van der Waals surface area (Å²) >= 11 is 0. The molecule has 0 bridgehead atoms. The molecule has 1 atom stereocenters. The molecule has 1 aliphatic rings. The fourth-order valence-electron chi connectivity index (χ4n) is 2.97. The summed E-state index contributed by atoms with van der Waals surface area (Å²) < 4.78 is 13.9. The van der Waals surface area contributed by atoms with E-state index in [2.05, 4.69) is 10.2 Å². The molecule has 1 amide bonds. The van der Waals surface area contributed by atoms with Crippen LogP contribution in [0.2, 0.25) is 0 Å². The van der Waals surface area contributed by atoms with Crippen molar-refractivity contribution < 1.29 is 9.18 Å². The molecule has 0 saturated carbocycles. The van der Waals surface area contributed by atoms with Crippen molar-refractivity contribution in [3.8, 4) is 0 Å². The van der Waals surface area contributed by atoms with Crippen molar-refractivity contribution in [3.05, 3.63) is 35.6 Å². The standard InChI is InChI=1S/C17H26FN3O/c1-20(2)16(14-8-3-4-9-15(14)18)17(22)19-10-7-13-21-11-5-6-12-21/h3-4,8-9,16H,5-7,10-13H2,1-2H3,(H,19,22). The Morgan fingerprint density at radius 2 is 2.00 bits per heavy atom.